The van der Waals surface area contributed by atoms with Crippen LogP contribution in [0, 0.1) is 0 Å². The van der Waals surface area contributed by atoms with Gasteiger partial charge in [-0.15, -0.1) is 0 Å². The minimum absolute atomic E-state index is 0.159. The maximum absolute atomic E-state index is 10.8. The van der Waals surface area contributed by atoms with Crippen molar-refractivity contribution in [2.45, 2.75) is 38.2 Å². The second-order valence-electron chi connectivity index (χ2n) is 3.37. The van der Waals surface area contributed by atoms with E-state index in [1.54, 1.807) is 20.8 Å². The zero-order valence-corrected chi connectivity index (χ0v) is 9.14. The first-order valence-electron chi connectivity index (χ1n) is 4.16. The average Bonchev–Trinajstić information content (AvgIpc) is 1.81. The minimum Gasteiger partial charge on any atom is -0.434 e. The van der Waals surface area contributed by atoms with Crippen LogP contribution in [0.25, 0.3) is 0 Å². The summed E-state index contributed by atoms with van der Waals surface area (Å²) in [6.45, 7) is 5.48. The van der Waals surface area contributed by atoms with Gasteiger partial charge in [-0.05, 0) is 20.8 Å². The summed E-state index contributed by atoms with van der Waals surface area (Å²) < 4.78 is 9.48. The predicted molar refractivity (Wildman–Crippen MR) is 53.8 cm³/mol. The van der Waals surface area contributed by atoms with Gasteiger partial charge in [0.05, 0.1) is 17.6 Å². The highest BCUT2D eigenvalue weighted by Crippen LogP contribution is 2.09. The highest BCUT2D eigenvalue weighted by molar-refractivity contribution is 7.81. The van der Waals surface area contributed by atoms with Crippen LogP contribution in [0.2, 0.25) is 0 Å². The van der Waals surface area contributed by atoms with Crippen molar-refractivity contribution in [1.82, 2.24) is 0 Å². The van der Waals surface area contributed by atoms with Crippen molar-refractivity contribution in [2.24, 2.45) is 5.73 Å². The molecule has 0 aromatic carbocycles. The highest BCUT2D eigenvalue weighted by Gasteiger charge is 2.13. The summed E-state index contributed by atoms with van der Waals surface area (Å²) in [5, 5.41) is 0. The van der Waals surface area contributed by atoms with Crippen LogP contribution in [0.5, 0.6) is 0 Å². The molecule has 0 amide bonds. The van der Waals surface area contributed by atoms with Crippen LogP contribution in [0.15, 0.2) is 0 Å². The predicted octanol–water partition coefficient (Wildman–Crippen LogP) is 1.54. The normalized spacial score (nSPS) is 15.2. The molecule has 13 heavy (non-hydrogen) atoms. The molecule has 0 aliphatic heterocycles. The Morgan fingerprint density at radius 2 is 2.15 bits per heavy atom. The number of hydrogen-bond acceptors (Lipinski definition) is 5. The second kappa shape index (κ2) is 5.34. The summed E-state index contributed by atoms with van der Waals surface area (Å²) in [6.07, 6.45) is -0.330. The van der Waals surface area contributed by atoms with Crippen molar-refractivity contribution in [3.63, 3.8) is 0 Å². The molecule has 1 atom stereocenters. The van der Waals surface area contributed by atoms with Gasteiger partial charge in [0.25, 0.3) is 0 Å². The molecule has 0 radical (unpaired) electrons. The van der Waals surface area contributed by atoms with Crippen molar-refractivity contribution in [1.29, 1.82) is 0 Å². The van der Waals surface area contributed by atoms with Crippen molar-refractivity contribution in [3.8, 4) is 0 Å². The molecule has 0 aromatic rings. The number of rotatable bonds is 4. The van der Waals surface area contributed by atoms with Crippen LogP contribution in [0.3, 0.4) is 0 Å². The number of carbonyl (C=O) groups is 1. The monoisotopic (exact) mass is 207 g/mol. The lowest BCUT2D eigenvalue weighted by Gasteiger charge is -2.16. The molecule has 78 valence electrons. The van der Waals surface area contributed by atoms with Gasteiger partial charge in [-0.2, -0.15) is 12.6 Å². The fourth-order valence-electron chi connectivity index (χ4n) is 0.567. The molecular formula is C8H17NO3S. The molecule has 0 saturated heterocycles. The SMILES string of the molecule is CC(C)OC(=O)OCCC(C)(N)S. The van der Waals surface area contributed by atoms with E-state index in [2.05, 4.69) is 12.6 Å². The molecule has 4 nitrogen and oxygen atoms in total. The van der Waals surface area contributed by atoms with Gasteiger partial charge in [-0.1, -0.05) is 0 Å². The first-order valence-corrected chi connectivity index (χ1v) is 4.60. The number of carbonyl (C=O) groups excluding carboxylic acids is 1. The van der Waals surface area contributed by atoms with Gasteiger partial charge < -0.3 is 15.2 Å². The fourth-order valence-corrected chi connectivity index (χ4v) is 0.659. The van der Waals surface area contributed by atoms with Gasteiger partial charge in [0.1, 0.15) is 0 Å². The molecule has 0 saturated carbocycles. The van der Waals surface area contributed by atoms with Gasteiger partial charge in [0, 0.05) is 6.42 Å². The topological polar surface area (TPSA) is 61.5 Å². The summed E-state index contributed by atoms with van der Waals surface area (Å²) >= 11 is 4.07. The lowest BCUT2D eigenvalue weighted by atomic mass is 10.2. The summed E-state index contributed by atoms with van der Waals surface area (Å²) in [7, 11) is 0. The van der Waals surface area contributed by atoms with Crippen LogP contribution in [0.4, 0.5) is 4.79 Å². The average molecular weight is 207 g/mol. The lowest BCUT2D eigenvalue weighted by molar-refractivity contribution is 0.0329. The Kier molecular flexibility index (Phi) is 5.17. The molecular weight excluding hydrogens is 190 g/mol. The first kappa shape index (κ1) is 12.6. The molecule has 0 aromatic heterocycles. The Labute approximate surface area is 84.2 Å². The quantitative estimate of drug-likeness (QED) is 0.417. The maximum Gasteiger partial charge on any atom is 0.508 e. The number of hydrogen-bond donors (Lipinski definition) is 2. The van der Waals surface area contributed by atoms with Crippen LogP contribution >= 0.6 is 12.6 Å². The zero-order valence-electron chi connectivity index (χ0n) is 8.24. The van der Waals surface area contributed by atoms with Crippen molar-refractivity contribution in [2.75, 3.05) is 6.61 Å². The maximum atomic E-state index is 10.8. The van der Waals surface area contributed by atoms with Gasteiger partial charge in [0.2, 0.25) is 0 Å². The summed E-state index contributed by atoms with van der Waals surface area (Å²) in [5.41, 5.74) is 5.56. The van der Waals surface area contributed by atoms with Crippen molar-refractivity contribution >= 4 is 18.8 Å². The standard InChI is InChI=1S/C8H17NO3S/c1-6(2)12-7(10)11-5-4-8(3,9)13/h6,13H,4-5,9H2,1-3H3. The van der Waals surface area contributed by atoms with Crippen LogP contribution in [-0.4, -0.2) is 23.7 Å². The Bertz CT molecular complexity index is 165. The zero-order chi connectivity index (χ0) is 10.5. The molecule has 0 bridgehead atoms. The van der Waals surface area contributed by atoms with Crippen molar-refractivity contribution in [3.05, 3.63) is 0 Å². The Balaban J connectivity index is 3.49. The van der Waals surface area contributed by atoms with E-state index < -0.39 is 11.0 Å². The van der Waals surface area contributed by atoms with Crippen molar-refractivity contribution < 1.29 is 14.3 Å². The molecule has 1 unspecified atom stereocenters. The molecule has 0 heterocycles. The molecule has 0 aliphatic rings. The first-order chi connectivity index (χ1) is 5.81. The summed E-state index contributed by atoms with van der Waals surface area (Å²) in [6, 6.07) is 0. The Morgan fingerprint density at radius 1 is 1.62 bits per heavy atom. The fraction of sp³-hybridized carbons (Fsp3) is 0.875. The van der Waals surface area contributed by atoms with Crippen LogP contribution in [0.1, 0.15) is 27.2 Å². The van der Waals surface area contributed by atoms with E-state index in [4.69, 9.17) is 15.2 Å². The van der Waals surface area contributed by atoms with E-state index in [-0.39, 0.29) is 12.7 Å². The van der Waals surface area contributed by atoms with E-state index in [0.717, 1.165) is 0 Å². The molecule has 0 spiro atoms. The van der Waals surface area contributed by atoms with E-state index in [0.29, 0.717) is 6.42 Å². The summed E-state index contributed by atoms with van der Waals surface area (Å²) in [4.78, 5) is 10.2. The number of thiol groups is 1. The third-order valence-corrected chi connectivity index (χ3v) is 1.38. The Morgan fingerprint density at radius 3 is 2.54 bits per heavy atom. The van der Waals surface area contributed by atoms with E-state index >= 15 is 0 Å². The summed E-state index contributed by atoms with van der Waals surface area (Å²) in [5.74, 6) is 0. The molecule has 2 N–H and O–H groups in total. The van der Waals surface area contributed by atoms with Crippen LogP contribution in [-0.2, 0) is 9.47 Å². The largest absolute Gasteiger partial charge is 0.508 e. The number of ether oxygens (including phenoxy) is 2. The van der Waals surface area contributed by atoms with Crippen LogP contribution < -0.4 is 5.73 Å². The molecule has 0 fully saturated rings. The van der Waals surface area contributed by atoms with E-state index in [9.17, 15) is 4.79 Å². The van der Waals surface area contributed by atoms with Gasteiger partial charge in [-0.25, -0.2) is 4.79 Å². The lowest BCUT2D eigenvalue weighted by Crippen LogP contribution is -2.31. The second-order valence-corrected chi connectivity index (χ2v) is 4.39. The molecule has 5 heteroatoms. The third-order valence-electron chi connectivity index (χ3n) is 1.16. The highest BCUT2D eigenvalue weighted by atomic mass is 32.1. The van der Waals surface area contributed by atoms with Gasteiger partial charge >= 0.3 is 6.16 Å². The third kappa shape index (κ3) is 9.49. The van der Waals surface area contributed by atoms with E-state index in [1.165, 1.54) is 0 Å². The molecule has 0 rings (SSSR count). The Hall–Kier alpha value is -0.420. The minimum atomic E-state index is -0.660. The van der Waals surface area contributed by atoms with Gasteiger partial charge in [0.15, 0.2) is 0 Å². The smallest absolute Gasteiger partial charge is 0.434 e. The molecule has 0 aliphatic carbocycles. The van der Waals surface area contributed by atoms with E-state index in [1.807, 2.05) is 0 Å². The van der Waals surface area contributed by atoms with Gasteiger partial charge in [-0.3, -0.25) is 0 Å². The number of nitrogens with two attached hydrogens (primary N) is 1.